The average Bonchev–Trinajstić information content (AvgIpc) is 3.40. The summed E-state index contributed by atoms with van der Waals surface area (Å²) in [7, 11) is 0. The number of aromatic nitrogens is 2. The summed E-state index contributed by atoms with van der Waals surface area (Å²) in [5.41, 5.74) is 1.76. The highest BCUT2D eigenvalue weighted by Crippen LogP contribution is 2.39. The second kappa shape index (κ2) is 9.78. The standard InChI is InChI=1S/C25H36N4O/c1-2-23-26-14-19-28(23)17-11-24(30)29-18-13-25(21-29)12-7-16-27(20-25)15-6-10-22-8-4-3-5-9-22/h3-5,8-9,14,19H,2,6-7,10-13,15-18,20-21H2,1H3/t25-/m0/s1. The fourth-order valence-electron chi connectivity index (χ4n) is 5.37. The minimum atomic E-state index is 0.309. The zero-order valence-corrected chi connectivity index (χ0v) is 18.4. The van der Waals surface area contributed by atoms with Crippen LogP contribution in [0.5, 0.6) is 0 Å². The number of piperidine rings is 1. The molecular formula is C25H36N4O. The number of amides is 1. The van der Waals surface area contributed by atoms with Crippen LogP contribution >= 0.6 is 0 Å². The monoisotopic (exact) mass is 408 g/mol. The first-order chi connectivity index (χ1) is 14.7. The van der Waals surface area contributed by atoms with Crippen LogP contribution in [0.2, 0.25) is 0 Å². The van der Waals surface area contributed by atoms with Crippen LogP contribution in [-0.2, 0) is 24.2 Å². The van der Waals surface area contributed by atoms with Crippen LogP contribution in [0.1, 0.15) is 50.4 Å². The molecular weight excluding hydrogens is 372 g/mol. The van der Waals surface area contributed by atoms with Gasteiger partial charge >= 0.3 is 0 Å². The SMILES string of the molecule is CCc1nccn1CCC(=O)N1CC[C@]2(CCCN(CCCc3ccccc3)C2)C1. The highest BCUT2D eigenvalue weighted by atomic mass is 16.2. The van der Waals surface area contributed by atoms with E-state index in [1.165, 1.54) is 44.3 Å². The van der Waals surface area contributed by atoms with Crippen LogP contribution in [0.4, 0.5) is 0 Å². The fraction of sp³-hybridized carbons (Fsp3) is 0.600. The van der Waals surface area contributed by atoms with Gasteiger partial charge in [0, 0.05) is 56.8 Å². The van der Waals surface area contributed by atoms with Crippen molar-refractivity contribution in [2.24, 2.45) is 5.41 Å². The minimum absolute atomic E-state index is 0.309. The van der Waals surface area contributed by atoms with Crippen LogP contribution < -0.4 is 0 Å². The quantitative estimate of drug-likeness (QED) is 0.667. The average molecular weight is 409 g/mol. The predicted molar refractivity (Wildman–Crippen MR) is 120 cm³/mol. The maximum atomic E-state index is 12.9. The molecule has 5 heteroatoms. The molecule has 30 heavy (non-hydrogen) atoms. The Morgan fingerprint density at radius 1 is 1.10 bits per heavy atom. The molecule has 2 aromatic rings. The Morgan fingerprint density at radius 3 is 2.80 bits per heavy atom. The summed E-state index contributed by atoms with van der Waals surface area (Å²) in [6.07, 6.45) is 11.4. The second-order valence-corrected chi connectivity index (χ2v) is 9.17. The Morgan fingerprint density at radius 2 is 1.97 bits per heavy atom. The maximum Gasteiger partial charge on any atom is 0.224 e. The molecule has 0 radical (unpaired) electrons. The lowest BCUT2D eigenvalue weighted by atomic mass is 9.79. The number of hydrogen-bond donors (Lipinski definition) is 0. The largest absolute Gasteiger partial charge is 0.342 e. The van der Waals surface area contributed by atoms with Gasteiger partial charge in [-0.25, -0.2) is 4.98 Å². The molecule has 2 aliphatic rings. The zero-order valence-electron chi connectivity index (χ0n) is 18.4. The van der Waals surface area contributed by atoms with Gasteiger partial charge in [0.05, 0.1) is 0 Å². The van der Waals surface area contributed by atoms with Gasteiger partial charge in [-0.3, -0.25) is 4.79 Å². The molecule has 4 rings (SSSR count). The Balaban J connectivity index is 1.24. The van der Waals surface area contributed by atoms with E-state index in [1.54, 1.807) is 0 Å². The highest BCUT2D eigenvalue weighted by molar-refractivity contribution is 5.76. The number of likely N-dealkylation sites (tertiary alicyclic amines) is 2. The number of carbonyl (C=O) groups is 1. The molecule has 1 spiro atoms. The van der Waals surface area contributed by atoms with Crippen molar-refractivity contribution in [1.82, 2.24) is 19.4 Å². The van der Waals surface area contributed by atoms with Gasteiger partial charge in [-0.1, -0.05) is 37.3 Å². The van der Waals surface area contributed by atoms with Crippen molar-refractivity contribution in [2.75, 3.05) is 32.7 Å². The number of hydrogen-bond acceptors (Lipinski definition) is 3. The third kappa shape index (κ3) is 5.12. The van der Waals surface area contributed by atoms with Crippen molar-refractivity contribution in [3.05, 3.63) is 54.1 Å². The molecule has 1 atom stereocenters. The predicted octanol–water partition coefficient (Wildman–Crippen LogP) is 3.78. The van der Waals surface area contributed by atoms with Crippen molar-refractivity contribution < 1.29 is 4.79 Å². The van der Waals surface area contributed by atoms with Gasteiger partial charge in [-0.15, -0.1) is 0 Å². The molecule has 0 aliphatic carbocycles. The van der Waals surface area contributed by atoms with Crippen molar-refractivity contribution in [1.29, 1.82) is 0 Å². The molecule has 0 N–H and O–H groups in total. The number of imidazole rings is 1. The van der Waals surface area contributed by atoms with Gasteiger partial charge in [-0.05, 0) is 50.8 Å². The first-order valence-corrected chi connectivity index (χ1v) is 11.7. The Bertz CT molecular complexity index is 818. The zero-order chi connectivity index (χ0) is 20.8. The summed E-state index contributed by atoms with van der Waals surface area (Å²) in [4.78, 5) is 22.0. The molecule has 162 valence electrons. The Kier molecular flexibility index (Phi) is 6.88. The summed E-state index contributed by atoms with van der Waals surface area (Å²) < 4.78 is 2.12. The molecule has 2 aliphatic heterocycles. The van der Waals surface area contributed by atoms with Gasteiger partial charge in [-0.2, -0.15) is 0 Å². The molecule has 0 bridgehead atoms. The summed E-state index contributed by atoms with van der Waals surface area (Å²) in [6, 6.07) is 10.8. The van der Waals surface area contributed by atoms with E-state index in [1.807, 2.05) is 12.4 Å². The Hall–Kier alpha value is -2.14. The smallest absolute Gasteiger partial charge is 0.224 e. The topological polar surface area (TPSA) is 41.4 Å². The van der Waals surface area contributed by atoms with E-state index in [0.29, 0.717) is 17.7 Å². The third-order valence-electron chi connectivity index (χ3n) is 7.00. The number of carbonyl (C=O) groups excluding carboxylic acids is 1. The number of rotatable bonds is 8. The van der Waals surface area contributed by atoms with Crippen molar-refractivity contribution in [3.8, 4) is 0 Å². The van der Waals surface area contributed by atoms with Crippen LogP contribution in [0.25, 0.3) is 0 Å². The summed E-state index contributed by atoms with van der Waals surface area (Å²) in [5, 5.41) is 0. The number of nitrogens with zero attached hydrogens (tertiary/aromatic N) is 4. The van der Waals surface area contributed by atoms with Gasteiger partial charge in [0.2, 0.25) is 5.91 Å². The second-order valence-electron chi connectivity index (χ2n) is 9.17. The maximum absolute atomic E-state index is 12.9. The van der Waals surface area contributed by atoms with E-state index < -0.39 is 0 Å². The molecule has 3 heterocycles. The lowest BCUT2D eigenvalue weighted by molar-refractivity contribution is -0.131. The summed E-state index contributed by atoms with van der Waals surface area (Å²) in [5.74, 6) is 1.38. The summed E-state index contributed by atoms with van der Waals surface area (Å²) >= 11 is 0. The van der Waals surface area contributed by atoms with Crippen LogP contribution in [0.15, 0.2) is 42.7 Å². The molecule has 2 fully saturated rings. The van der Waals surface area contributed by atoms with Crippen molar-refractivity contribution in [3.63, 3.8) is 0 Å². The van der Waals surface area contributed by atoms with E-state index in [9.17, 15) is 4.79 Å². The fourth-order valence-corrected chi connectivity index (χ4v) is 5.37. The lowest BCUT2D eigenvalue weighted by Gasteiger charge is -2.40. The summed E-state index contributed by atoms with van der Waals surface area (Å²) in [6.45, 7) is 8.28. The van der Waals surface area contributed by atoms with Crippen LogP contribution in [0, 0.1) is 5.41 Å². The third-order valence-corrected chi connectivity index (χ3v) is 7.00. The van der Waals surface area contributed by atoms with E-state index in [2.05, 4.69) is 56.6 Å². The molecule has 0 unspecified atom stereocenters. The molecule has 1 aromatic carbocycles. The normalized spacial score (nSPS) is 22.1. The highest BCUT2D eigenvalue weighted by Gasteiger charge is 2.42. The van der Waals surface area contributed by atoms with E-state index in [-0.39, 0.29) is 0 Å². The van der Waals surface area contributed by atoms with E-state index in [4.69, 9.17) is 0 Å². The first-order valence-electron chi connectivity index (χ1n) is 11.7. The van der Waals surface area contributed by atoms with Crippen LogP contribution in [-0.4, -0.2) is 58.0 Å². The number of aryl methyl sites for hydroxylation is 3. The first kappa shape index (κ1) is 21.1. The van der Waals surface area contributed by atoms with Gasteiger partial charge < -0.3 is 14.4 Å². The minimum Gasteiger partial charge on any atom is -0.342 e. The molecule has 2 saturated heterocycles. The van der Waals surface area contributed by atoms with Gasteiger partial charge in [0.1, 0.15) is 5.82 Å². The lowest BCUT2D eigenvalue weighted by Crippen LogP contribution is -2.45. The Labute approximate surface area is 181 Å². The molecule has 0 saturated carbocycles. The van der Waals surface area contributed by atoms with Gasteiger partial charge in [0.25, 0.3) is 0 Å². The van der Waals surface area contributed by atoms with E-state index in [0.717, 1.165) is 44.8 Å². The molecule has 1 amide bonds. The van der Waals surface area contributed by atoms with Crippen molar-refractivity contribution >= 4 is 5.91 Å². The number of benzene rings is 1. The van der Waals surface area contributed by atoms with Crippen LogP contribution in [0.3, 0.4) is 0 Å². The van der Waals surface area contributed by atoms with Crippen molar-refractivity contribution in [2.45, 2.75) is 58.4 Å². The molecule has 1 aromatic heterocycles. The van der Waals surface area contributed by atoms with Gasteiger partial charge in [0.15, 0.2) is 0 Å². The van der Waals surface area contributed by atoms with E-state index >= 15 is 0 Å². The molecule has 5 nitrogen and oxygen atoms in total.